The van der Waals surface area contributed by atoms with Crippen molar-refractivity contribution in [2.24, 2.45) is 5.73 Å². The van der Waals surface area contributed by atoms with Crippen LogP contribution in [-0.2, 0) is 0 Å². The van der Waals surface area contributed by atoms with E-state index >= 15 is 0 Å². The number of nitrogens with zero attached hydrogens (tertiary/aromatic N) is 3. The van der Waals surface area contributed by atoms with Crippen molar-refractivity contribution in [2.45, 2.75) is 25.0 Å². The van der Waals surface area contributed by atoms with E-state index in [1.807, 2.05) is 48.5 Å². The lowest BCUT2D eigenvalue weighted by Crippen LogP contribution is -2.31. The first-order chi connectivity index (χ1) is 14.1. The highest BCUT2D eigenvalue weighted by Gasteiger charge is 2.32. The number of nitrogens with one attached hydrogen (secondary N) is 1. The second kappa shape index (κ2) is 6.82. The van der Waals surface area contributed by atoms with Gasteiger partial charge in [0.2, 0.25) is 0 Å². The molecule has 0 saturated carbocycles. The van der Waals surface area contributed by atoms with E-state index in [0.717, 1.165) is 41.1 Å². The molecule has 148 valence electrons. The van der Waals surface area contributed by atoms with Gasteiger partial charge in [-0.3, -0.25) is 4.90 Å². The zero-order valence-electron chi connectivity index (χ0n) is 15.7. The number of likely N-dealkylation sites (tertiary alicyclic amines) is 1. The third-order valence-corrected chi connectivity index (χ3v) is 5.53. The summed E-state index contributed by atoms with van der Waals surface area (Å²) in [4.78, 5) is 26.4. The highest BCUT2D eigenvalue weighted by atomic mass is 16.7. The lowest BCUT2D eigenvalue weighted by molar-refractivity contribution is 0.139. The average molecular weight is 391 g/mol. The third kappa shape index (κ3) is 2.98. The van der Waals surface area contributed by atoms with Gasteiger partial charge in [-0.15, -0.1) is 0 Å². The van der Waals surface area contributed by atoms with Crippen molar-refractivity contribution in [3.8, 4) is 17.0 Å². The van der Waals surface area contributed by atoms with E-state index in [-0.39, 0.29) is 12.2 Å². The zero-order chi connectivity index (χ0) is 20.0. The molecule has 1 aromatic heterocycles. The molecule has 29 heavy (non-hydrogen) atoms. The van der Waals surface area contributed by atoms with E-state index in [1.54, 1.807) is 11.3 Å². The quantitative estimate of drug-likeness (QED) is 0.629. The summed E-state index contributed by atoms with van der Waals surface area (Å²) in [5.74, 6) is 1.45. The number of fused-ring (bicyclic) bond motifs is 1. The van der Waals surface area contributed by atoms with Crippen molar-refractivity contribution in [2.75, 3.05) is 11.6 Å². The Kier molecular flexibility index (Phi) is 4.13. The fourth-order valence-corrected chi connectivity index (χ4v) is 4.03. The monoisotopic (exact) mass is 391 g/mol. The Morgan fingerprint density at radius 3 is 2.76 bits per heavy atom. The molecule has 8 nitrogen and oxygen atoms in total. The molecule has 8 heteroatoms. The van der Waals surface area contributed by atoms with Gasteiger partial charge in [0.1, 0.15) is 12.0 Å². The number of hydrogen-bond donors (Lipinski definition) is 3. The number of H-pyrrole nitrogens is 1. The number of para-hydroxylation sites is 1. The summed E-state index contributed by atoms with van der Waals surface area (Å²) in [6.45, 7) is 0.545. The third-order valence-electron chi connectivity index (χ3n) is 5.53. The fourth-order valence-electron chi connectivity index (χ4n) is 4.03. The Balaban J connectivity index is 1.35. The van der Waals surface area contributed by atoms with Crippen LogP contribution < -0.4 is 15.6 Å². The standard InChI is InChI=1S/C21H21N5O3/c22-19-15-4-1-2-6-18(15)29-26(19)14-9-7-13(8-10-14)16-12-23-20(24-16)17-5-3-11-25(17)21(27)28/h1-2,4,6-10,12,17,19H,3,5,11,22H2,(H,23,24)(H,27,28). The van der Waals surface area contributed by atoms with Crippen molar-refractivity contribution in [3.05, 3.63) is 66.1 Å². The van der Waals surface area contributed by atoms with Gasteiger partial charge in [0.15, 0.2) is 5.75 Å². The van der Waals surface area contributed by atoms with E-state index < -0.39 is 6.09 Å². The maximum Gasteiger partial charge on any atom is 0.407 e. The zero-order valence-corrected chi connectivity index (χ0v) is 15.7. The van der Waals surface area contributed by atoms with Crippen LogP contribution >= 0.6 is 0 Å². The van der Waals surface area contributed by atoms with Crippen molar-refractivity contribution in [1.29, 1.82) is 0 Å². The number of aromatic amines is 1. The molecule has 5 rings (SSSR count). The van der Waals surface area contributed by atoms with Crippen LogP contribution in [-0.4, -0.2) is 32.6 Å². The van der Waals surface area contributed by atoms with Crippen LogP contribution in [0.25, 0.3) is 11.3 Å². The first kappa shape index (κ1) is 17.6. The molecule has 3 aromatic rings. The summed E-state index contributed by atoms with van der Waals surface area (Å²) in [5, 5.41) is 11.0. The van der Waals surface area contributed by atoms with Crippen LogP contribution in [0.2, 0.25) is 0 Å². The van der Waals surface area contributed by atoms with Crippen LogP contribution in [0.15, 0.2) is 54.7 Å². The molecule has 2 aliphatic heterocycles. The largest absolute Gasteiger partial charge is 0.465 e. The Labute approximate surface area is 167 Å². The Bertz CT molecular complexity index is 1050. The second-order valence-corrected chi connectivity index (χ2v) is 7.26. The van der Waals surface area contributed by atoms with Crippen molar-refractivity contribution < 1.29 is 14.7 Å². The van der Waals surface area contributed by atoms with E-state index in [2.05, 4.69) is 9.97 Å². The second-order valence-electron chi connectivity index (χ2n) is 7.26. The van der Waals surface area contributed by atoms with Crippen LogP contribution in [0.3, 0.4) is 0 Å². The van der Waals surface area contributed by atoms with E-state index in [0.29, 0.717) is 12.4 Å². The van der Waals surface area contributed by atoms with Crippen LogP contribution in [0.4, 0.5) is 10.5 Å². The highest BCUT2D eigenvalue weighted by molar-refractivity contribution is 5.66. The van der Waals surface area contributed by atoms with Crippen molar-refractivity contribution in [3.63, 3.8) is 0 Å². The molecule has 3 heterocycles. The number of benzene rings is 2. The fraction of sp³-hybridized carbons (Fsp3) is 0.238. The Morgan fingerprint density at radius 1 is 1.21 bits per heavy atom. The minimum atomic E-state index is -0.905. The number of carboxylic acid groups (broad SMARTS) is 1. The minimum Gasteiger partial charge on any atom is -0.465 e. The Morgan fingerprint density at radius 2 is 2.00 bits per heavy atom. The van der Waals surface area contributed by atoms with Gasteiger partial charge in [-0.25, -0.2) is 9.78 Å². The SMILES string of the molecule is NC1c2ccccc2ON1c1ccc(-c2cnc(C3CCCN3C(=O)O)[nH]2)cc1. The van der Waals surface area contributed by atoms with Gasteiger partial charge in [0.25, 0.3) is 0 Å². The lowest BCUT2D eigenvalue weighted by Gasteiger charge is -2.21. The number of aromatic nitrogens is 2. The summed E-state index contributed by atoms with van der Waals surface area (Å²) in [6, 6.07) is 15.3. The topological polar surface area (TPSA) is 108 Å². The van der Waals surface area contributed by atoms with Gasteiger partial charge in [-0.1, -0.05) is 30.3 Å². The minimum absolute atomic E-state index is 0.213. The summed E-state index contributed by atoms with van der Waals surface area (Å²) >= 11 is 0. The lowest BCUT2D eigenvalue weighted by atomic mass is 10.1. The van der Waals surface area contributed by atoms with Gasteiger partial charge in [-0.2, -0.15) is 5.06 Å². The number of imidazole rings is 1. The predicted octanol–water partition coefficient (Wildman–Crippen LogP) is 3.66. The molecule has 2 atom stereocenters. The molecular weight excluding hydrogens is 370 g/mol. The molecule has 0 radical (unpaired) electrons. The van der Waals surface area contributed by atoms with Gasteiger partial charge in [0, 0.05) is 12.1 Å². The van der Waals surface area contributed by atoms with Crippen molar-refractivity contribution in [1.82, 2.24) is 14.9 Å². The van der Waals surface area contributed by atoms with E-state index in [9.17, 15) is 9.90 Å². The van der Waals surface area contributed by atoms with Crippen LogP contribution in [0.5, 0.6) is 5.75 Å². The number of rotatable bonds is 3. The van der Waals surface area contributed by atoms with Gasteiger partial charge in [0.05, 0.1) is 23.6 Å². The molecular formula is C21H21N5O3. The van der Waals surface area contributed by atoms with E-state index in [4.69, 9.17) is 10.6 Å². The Hall–Kier alpha value is -3.52. The first-order valence-electron chi connectivity index (χ1n) is 9.58. The molecule has 1 saturated heterocycles. The molecule has 4 N–H and O–H groups in total. The number of amides is 1. The van der Waals surface area contributed by atoms with Gasteiger partial charge in [-0.05, 0) is 36.6 Å². The molecule has 1 amide bonds. The molecule has 2 unspecified atom stereocenters. The summed E-state index contributed by atoms with van der Waals surface area (Å²) < 4.78 is 0. The van der Waals surface area contributed by atoms with E-state index in [1.165, 1.54) is 4.90 Å². The normalized spacial score (nSPS) is 20.6. The number of nitrogens with two attached hydrogens (primary N) is 1. The molecule has 0 bridgehead atoms. The van der Waals surface area contributed by atoms with Crippen LogP contribution in [0.1, 0.15) is 36.4 Å². The highest BCUT2D eigenvalue weighted by Crippen LogP contribution is 2.38. The first-order valence-corrected chi connectivity index (χ1v) is 9.58. The van der Waals surface area contributed by atoms with Crippen molar-refractivity contribution >= 4 is 11.8 Å². The predicted molar refractivity (Wildman–Crippen MR) is 107 cm³/mol. The van der Waals surface area contributed by atoms with Gasteiger partial charge >= 0.3 is 6.09 Å². The summed E-state index contributed by atoms with van der Waals surface area (Å²) in [5.41, 5.74) is 9.92. The molecule has 2 aliphatic rings. The maximum absolute atomic E-state index is 11.4. The average Bonchev–Trinajstić information content (AvgIpc) is 3.47. The molecule has 1 fully saturated rings. The molecule has 0 aliphatic carbocycles. The molecule has 0 spiro atoms. The number of carbonyl (C=O) groups is 1. The van der Waals surface area contributed by atoms with Gasteiger partial charge < -0.3 is 20.7 Å². The molecule has 2 aromatic carbocycles. The van der Waals surface area contributed by atoms with Crippen LogP contribution in [0, 0.1) is 0 Å². The summed E-state index contributed by atoms with van der Waals surface area (Å²) in [6.07, 6.45) is 2.11. The maximum atomic E-state index is 11.4. The number of hydroxylamine groups is 1. The smallest absolute Gasteiger partial charge is 0.407 e. The number of anilines is 1. The number of hydrogen-bond acceptors (Lipinski definition) is 5. The summed E-state index contributed by atoms with van der Waals surface area (Å²) in [7, 11) is 0.